The molecule has 1 aromatic heterocycles. The number of nitrogens with zero attached hydrogens (tertiary/aromatic N) is 3. The Morgan fingerprint density at radius 1 is 1.07 bits per heavy atom. The number of hydrogen-bond acceptors (Lipinski definition) is 5. The van der Waals surface area contributed by atoms with Gasteiger partial charge in [-0.25, -0.2) is 0 Å². The van der Waals surface area contributed by atoms with E-state index in [0.717, 1.165) is 19.4 Å². The molecule has 0 saturated carbocycles. The summed E-state index contributed by atoms with van der Waals surface area (Å²) < 4.78 is 4.95. The van der Waals surface area contributed by atoms with E-state index in [1.165, 1.54) is 32.1 Å². The first kappa shape index (κ1) is 23.1. The quantitative estimate of drug-likeness (QED) is 0.500. The minimum absolute atomic E-state index is 0.0368. The van der Waals surface area contributed by atoms with Crippen molar-refractivity contribution in [1.82, 2.24) is 15.0 Å². The molecule has 0 unspecified atom stereocenters. The van der Waals surface area contributed by atoms with Crippen molar-refractivity contribution >= 4 is 17.6 Å². The second-order valence-corrected chi connectivity index (χ2v) is 7.36. The molecule has 0 saturated heterocycles. The Labute approximate surface area is 163 Å². The molecule has 0 spiro atoms. The van der Waals surface area contributed by atoms with Crippen LogP contribution in [0.1, 0.15) is 64.1 Å². The monoisotopic (exact) mass is 380 g/mol. The van der Waals surface area contributed by atoms with E-state index in [0.29, 0.717) is 24.5 Å². The molecular weight excluding hydrogens is 344 g/mol. The van der Waals surface area contributed by atoms with Gasteiger partial charge in [0, 0.05) is 25.6 Å². The molecule has 0 aliphatic carbocycles. The van der Waals surface area contributed by atoms with Gasteiger partial charge in [-0.15, -0.1) is 0 Å². The second kappa shape index (κ2) is 13.3. The van der Waals surface area contributed by atoms with Crippen LogP contribution in [0.15, 0.2) is 10.6 Å². The number of unbranched alkanes of at least 4 members (excludes halogenated alkanes) is 6. The van der Waals surface area contributed by atoms with Gasteiger partial charge in [0.25, 0.3) is 0 Å². The van der Waals surface area contributed by atoms with Gasteiger partial charge in [0.05, 0.1) is 6.54 Å². The molecule has 0 bridgehead atoms. The Balaban J connectivity index is 2.41. The van der Waals surface area contributed by atoms with Gasteiger partial charge in [-0.1, -0.05) is 50.6 Å². The van der Waals surface area contributed by atoms with Crippen LogP contribution in [0.25, 0.3) is 0 Å². The number of amides is 2. The fraction of sp³-hybridized carbons (Fsp3) is 0.750. The average molecular weight is 381 g/mol. The average Bonchev–Trinajstić information content (AvgIpc) is 3.02. The Morgan fingerprint density at radius 3 is 2.33 bits per heavy atom. The lowest BCUT2D eigenvalue weighted by Gasteiger charge is -2.24. The first-order valence-corrected chi connectivity index (χ1v) is 10.1. The third-order valence-corrected chi connectivity index (χ3v) is 4.39. The van der Waals surface area contributed by atoms with Gasteiger partial charge in [0.2, 0.25) is 11.8 Å². The molecule has 0 atom stereocenters. The molecular formula is C20H36N4O3. The van der Waals surface area contributed by atoms with Crippen LogP contribution in [0.5, 0.6) is 0 Å². The minimum Gasteiger partial charge on any atom is -0.360 e. The van der Waals surface area contributed by atoms with Crippen molar-refractivity contribution in [3.63, 3.8) is 0 Å². The van der Waals surface area contributed by atoms with Gasteiger partial charge in [-0.05, 0) is 27.4 Å². The molecule has 1 rings (SSSR count). The Bertz CT molecular complexity index is 557. The number of carbonyl (C=O) groups is 2. The zero-order valence-corrected chi connectivity index (χ0v) is 17.4. The normalized spacial score (nSPS) is 11.0. The van der Waals surface area contributed by atoms with E-state index in [2.05, 4.69) is 17.4 Å². The summed E-state index contributed by atoms with van der Waals surface area (Å²) in [5.41, 5.74) is 0. The van der Waals surface area contributed by atoms with Crippen molar-refractivity contribution in [3.8, 4) is 0 Å². The molecule has 0 aliphatic rings. The fourth-order valence-electron chi connectivity index (χ4n) is 2.79. The maximum Gasteiger partial charge on any atom is 0.245 e. The lowest BCUT2D eigenvalue weighted by molar-refractivity contribution is -0.135. The van der Waals surface area contributed by atoms with Crippen LogP contribution in [0, 0.1) is 6.92 Å². The van der Waals surface area contributed by atoms with E-state index in [9.17, 15) is 9.59 Å². The molecule has 27 heavy (non-hydrogen) atoms. The molecule has 2 amide bonds. The van der Waals surface area contributed by atoms with Crippen LogP contribution in [-0.4, -0.2) is 60.5 Å². The maximum atomic E-state index is 12.6. The summed E-state index contributed by atoms with van der Waals surface area (Å²) in [4.78, 5) is 28.5. The van der Waals surface area contributed by atoms with E-state index in [-0.39, 0.29) is 18.4 Å². The number of rotatable bonds is 14. The third kappa shape index (κ3) is 10.8. The number of nitrogens with one attached hydrogen (secondary N) is 1. The Morgan fingerprint density at radius 2 is 1.74 bits per heavy atom. The zero-order valence-electron chi connectivity index (χ0n) is 17.4. The highest BCUT2D eigenvalue weighted by molar-refractivity contribution is 5.93. The summed E-state index contributed by atoms with van der Waals surface area (Å²) in [6.45, 7) is 5.26. The number of aromatic nitrogens is 1. The highest BCUT2D eigenvalue weighted by Crippen LogP contribution is 2.10. The van der Waals surface area contributed by atoms with Crippen LogP contribution in [0.3, 0.4) is 0 Å². The molecule has 1 N–H and O–H groups in total. The third-order valence-electron chi connectivity index (χ3n) is 4.39. The van der Waals surface area contributed by atoms with Crippen molar-refractivity contribution < 1.29 is 14.1 Å². The van der Waals surface area contributed by atoms with Crippen LogP contribution >= 0.6 is 0 Å². The van der Waals surface area contributed by atoms with Gasteiger partial charge in [-0.2, -0.15) is 0 Å². The molecule has 7 nitrogen and oxygen atoms in total. The molecule has 0 radical (unpaired) electrons. The predicted octanol–water partition coefficient (Wildman–Crippen LogP) is 3.45. The van der Waals surface area contributed by atoms with Crippen molar-refractivity contribution in [3.05, 3.63) is 11.8 Å². The molecule has 7 heteroatoms. The van der Waals surface area contributed by atoms with Gasteiger partial charge in [-0.3, -0.25) is 9.59 Å². The molecule has 0 fully saturated rings. The second-order valence-electron chi connectivity index (χ2n) is 7.36. The van der Waals surface area contributed by atoms with E-state index in [1.54, 1.807) is 17.9 Å². The largest absolute Gasteiger partial charge is 0.360 e. The number of likely N-dealkylation sites (N-methyl/N-ethyl adjacent to an activating group) is 1. The molecule has 0 aliphatic heterocycles. The van der Waals surface area contributed by atoms with Gasteiger partial charge < -0.3 is 19.6 Å². The van der Waals surface area contributed by atoms with Crippen molar-refractivity contribution in [2.24, 2.45) is 0 Å². The van der Waals surface area contributed by atoms with E-state index < -0.39 is 0 Å². The van der Waals surface area contributed by atoms with Crippen molar-refractivity contribution in [1.29, 1.82) is 0 Å². The van der Waals surface area contributed by atoms with Gasteiger partial charge in [0.1, 0.15) is 5.76 Å². The van der Waals surface area contributed by atoms with Crippen LogP contribution in [-0.2, 0) is 9.59 Å². The lowest BCUT2D eigenvalue weighted by Crippen LogP contribution is -2.41. The van der Waals surface area contributed by atoms with Gasteiger partial charge in [0.15, 0.2) is 5.82 Å². The van der Waals surface area contributed by atoms with Crippen LogP contribution in [0.2, 0.25) is 0 Å². The molecule has 1 aromatic rings. The van der Waals surface area contributed by atoms with E-state index in [4.69, 9.17) is 4.52 Å². The number of carbonyl (C=O) groups excluding carboxylic acids is 2. The standard InChI is InChI=1S/C20H36N4O3/c1-5-6-7-8-9-10-11-12-20(26)24(14-13-23(3)4)16-19(25)21-18-15-17(2)27-22-18/h15H,5-14,16H2,1-4H3,(H,21,22,25). The van der Waals surface area contributed by atoms with Crippen molar-refractivity contribution in [2.45, 2.75) is 65.2 Å². The fourth-order valence-corrected chi connectivity index (χ4v) is 2.79. The first-order chi connectivity index (χ1) is 12.9. The summed E-state index contributed by atoms with van der Waals surface area (Å²) in [6, 6.07) is 1.66. The highest BCUT2D eigenvalue weighted by atomic mass is 16.5. The summed E-state index contributed by atoms with van der Waals surface area (Å²) in [7, 11) is 3.91. The summed E-state index contributed by atoms with van der Waals surface area (Å²) >= 11 is 0. The molecule has 0 aromatic carbocycles. The smallest absolute Gasteiger partial charge is 0.245 e. The zero-order chi connectivity index (χ0) is 20.1. The topological polar surface area (TPSA) is 78.7 Å². The lowest BCUT2D eigenvalue weighted by atomic mass is 10.1. The van der Waals surface area contributed by atoms with E-state index >= 15 is 0 Å². The van der Waals surface area contributed by atoms with Crippen LogP contribution in [0.4, 0.5) is 5.82 Å². The highest BCUT2D eigenvalue weighted by Gasteiger charge is 2.18. The SMILES string of the molecule is CCCCCCCCCC(=O)N(CCN(C)C)CC(=O)Nc1cc(C)on1. The number of aryl methyl sites for hydroxylation is 1. The first-order valence-electron chi connectivity index (χ1n) is 10.1. The summed E-state index contributed by atoms with van der Waals surface area (Å²) in [5.74, 6) is 0.793. The number of hydrogen-bond donors (Lipinski definition) is 1. The summed E-state index contributed by atoms with van der Waals surface area (Å²) in [5, 5.41) is 6.44. The van der Waals surface area contributed by atoms with Gasteiger partial charge >= 0.3 is 0 Å². The van der Waals surface area contributed by atoms with Crippen LogP contribution < -0.4 is 5.32 Å². The van der Waals surface area contributed by atoms with Crippen molar-refractivity contribution in [2.75, 3.05) is 39.0 Å². The minimum atomic E-state index is -0.255. The maximum absolute atomic E-state index is 12.6. The predicted molar refractivity (Wildman–Crippen MR) is 108 cm³/mol. The Kier molecular flexibility index (Phi) is 11.4. The van der Waals surface area contributed by atoms with E-state index in [1.807, 2.05) is 19.0 Å². The number of anilines is 1. The summed E-state index contributed by atoms with van der Waals surface area (Å²) in [6.07, 6.45) is 8.68. The molecule has 154 valence electrons. The molecule has 1 heterocycles. The Hall–Kier alpha value is -1.89.